The summed E-state index contributed by atoms with van der Waals surface area (Å²) in [7, 11) is 0. The van der Waals surface area contributed by atoms with E-state index < -0.39 is 0 Å². The van der Waals surface area contributed by atoms with E-state index >= 15 is 0 Å². The van der Waals surface area contributed by atoms with Gasteiger partial charge < -0.3 is 16.8 Å². The zero-order valence-electron chi connectivity index (χ0n) is 11.4. The van der Waals surface area contributed by atoms with E-state index in [1.54, 1.807) is 0 Å². The van der Waals surface area contributed by atoms with Crippen molar-refractivity contribution in [1.29, 1.82) is 0 Å². The number of hydrogen-bond donors (Lipinski definition) is 3. The van der Waals surface area contributed by atoms with E-state index in [1.165, 1.54) is 38.5 Å². The lowest BCUT2D eigenvalue weighted by Crippen LogP contribution is -2.54. The maximum atomic E-state index is 6.11. The van der Waals surface area contributed by atoms with Gasteiger partial charge in [-0.25, -0.2) is 0 Å². The van der Waals surface area contributed by atoms with Crippen LogP contribution >= 0.6 is 0 Å². The summed E-state index contributed by atoms with van der Waals surface area (Å²) in [6.07, 6.45) is 8.42. The molecule has 0 spiro atoms. The van der Waals surface area contributed by atoms with Gasteiger partial charge >= 0.3 is 0 Å². The van der Waals surface area contributed by atoms with Crippen LogP contribution in [0.5, 0.6) is 0 Å². The van der Waals surface area contributed by atoms with Gasteiger partial charge in [0.05, 0.1) is 11.4 Å². The van der Waals surface area contributed by atoms with Crippen LogP contribution in [-0.4, -0.2) is 5.54 Å². The molecule has 19 heavy (non-hydrogen) atoms. The molecule has 5 N–H and O–H groups in total. The predicted octanol–water partition coefficient (Wildman–Crippen LogP) is 3.23. The van der Waals surface area contributed by atoms with E-state index in [4.69, 9.17) is 11.5 Å². The number of anilines is 3. The summed E-state index contributed by atoms with van der Waals surface area (Å²) in [6.45, 7) is 0. The van der Waals surface area contributed by atoms with Crippen LogP contribution in [-0.2, 0) is 0 Å². The molecule has 4 bridgehead atoms. The summed E-state index contributed by atoms with van der Waals surface area (Å²) in [4.78, 5) is 0. The van der Waals surface area contributed by atoms with Crippen LogP contribution in [0.25, 0.3) is 0 Å². The van der Waals surface area contributed by atoms with Gasteiger partial charge in [-0.2, -0.15) is 0 Å². The van der Waals surface area contributed by atoms with E-state index in [1.807, 2.05) is 18.2 Å². The van der Waals surface area contributed by atoms with E-state index in [0.717, 1.165) is 34.8 Å². The van der Waals surface area contributed by atoms with Gasteiger partial charge in [0.1, 0.15) is 0 Å². The standard InChI is InChI=1S/C16H23N3/c17-13-1-2-15(14(18)6-13)19-16-7-10-3-11(8-16)5-12(4-10)9-16/h1-2,6,10-12,19H,3-5,7-9,17-18H2. The van der Waals surface area contributed by atoms with Crippen molar-refractivity contribution in [2.75, 3.05) is 16.8 Å². The Balaban J connectivity index is 1.62. The summed E-state index contributed by atoms with van der Waals surface area (Å²) in [5.41, 5.74) is 14.8. The van der Waals surface area contributed by atoms with Gasteiger partial charge in [-0.3, -0.25) is 0 Å². The first-order chi connectivity index (χ1) is 9.12. The molecule has 1 aromatic carbocycles. The van der Waals surface area contributed by atoms with Gasteiger partial charge in [0, 0.05) is 11.2 Å². The molecule has 3 heteroatoms. The third-order valence-corrected chi connectivity index (χ3v) is 5.51. The lowest BCUT2D eigenvalue weighted by atomic mass is 9.53. The molecule has 0 heterocycles. The molecule has 3 nitrogen and oxygen atoms in total. The van der Waals surface area contributed by atoms with Crippen molar-refractivity contribution in [2.45, 2.75) is 44.1 Å². The van der Waals surface area contributed by atoms with Crippen molar-refractivity contribution < 1.29 is 0 Å². The monoisotopic (exact) mass is 257 g/mol. The number of benzene rings is 1. The average Bonchev–Trinajstić information content (AvgIpc) is 2.31. The van der Waals surface area contributed by atoms with E-state index in [2.05, 4.69) is 5.32 Å². The Morgan fingerprint density at radius 2 is 1.53 bits per heavy atom. The Hall–Kier alpha value is -1.38. The van der Waals surface area contributed by atoms with Gasteiger partial charge in [0.25, 0.3) is 0 Å². The average molecular weight is 257 g/mol. The molecular weight excluding hydrogens is 234 g/mol. The Labute approximate surface area is 114 Å². The van der Waals surface area contributed by atoms with Crippen LogP contribution in [0.1, 0.15) is 38.5 Å². The lowest BCUT2D eigenvalue weighted by molar-refractivity contribution is 0.0107. The molecule has 5 rings (SSSR count). The van der Waals surface area contributed by atoms with E-state index in [0.29, 0.717) is 5.54 Å². The van der Waals surface area contributed by atoms with E-state index in [9.17, 15) is 0 Å². The highest BCUT2D eigenvalue weighted by molar-refractivity contribution is 5.71. The second-order valence-corrected chi connectivity index (χ2v) is 7.17. The first kappa shape index (κ1) is 11.4. The van der Waals surface area contributed by atoms with Gasteiger partial charge in [0.15, 0.2) is 0 Å². The predicted molar refractivity (Wildman–Crippen MR) is 79.8 cm³/mol. The molecule has 1 aromatic rings. The maximum Gasteiger partial charge on any atom is 0.0579 e. The van der Waals surface area contributed by atoms with E-state index in [-0.39, 0.29) is 0 Å². The highest BCUT2D eigenvalue weighted by atomic mass is 15.0. The molecule has 0 aromatic heterocycles. The molecule has 0 unspecified atom stereocenters. The fourth-order valence-corrected chi connectivity index (χ4v) is 5.24. The third kappa shape index (κ3) is 1.87. The highest BCUT2D eigenvalue weighted by Crippen LogP contribution is 2.56. The van der Waals surface area contributed by atoms with Crippen LogP contribution < -0.4 is 16.8 Å². The normalized spacial score (nSPS) is 39.5. The second kappa shape index (κ2) is 3.81. The molecule has 0 amide bonds. The molecule has 0 saturated heterocycles. The number of rotatable bonds is 2. The van der Waals surface area contributed by atoms with Crippen molar-refractivity contribution in [3.8, 4) is 0 Å². The Bertz CT molecular complexity index is 473. The van der Waals surface area contributed by atoms with Crippen LogP contribution in [0.2, 0.25) is 0 Å². The van der Waals surface area contributed by atoms with Gasteiger partial charge in [-0.15, -0.1) is 0 Å². The molecule has 4 aliphatic carbocycles. The maximum absolute atomic E-state index is 6.11. The first-order valence-corrected chi connectivity index (χ1v) is 7.55. The van der Waals surface area contributed by atoms with Crippen LogP contribution in [0.3, 0.4) is 0 Å². The Kier molecular flexibility index (Phi) is 2.30. The smallest absolute Gasteiger partial charge is 0.0579 e. The molecule has 4 aliphatic rings. The zero-order chi connectivity index (χ0) is 13.0. The number of nitrogens with two attached hydrogens (primary N) is 2. The first-order valence-electron chi connectivity index (χ1n) is 7.55. The molecule has 4 fully saturated rings. The summed E-state index contributed by atoms with van der Waals surface area (Å²) in [6, 6.07) is 5.85. The summed E-state index contributed by atoms with van der Waals surface area (Å²) >= 11 is 0. The minimum absolute atomic E-state index is 0.318. The highest BCUT2D eigenvalue weighted by Gasteiger charge is 2.50. The number of nitrogen functional groups attached to an aromatic ring is 2. The van der Waals surface area contributed by atoms with Gasteiger partial charge in [0.2, 0.25) is 0 Å². The SMILES string of the molecule is Nc1ccc(NC23CC4CC(CC(C4)C2)C3)c(N)c1. The largest absolute Gasteiger partial charge is 0.399 e. The van der Waals surface area contributed by atoms with Gasteiger partial charge in [-0.05, 0) is 74.5 Å². The summed E-state index contributed by atoms with van der Waals surface area (Å²) in [5.74, 6) is 2.86. The number of hydrogen-bond acceptors (Lipinski definition) is 3. The molecule has 102 valence electrons. The Morgan fingerprint density at radius 3 is 2.05 bits per heavy atom. The molecule has 4 saturated carbocycles. The molecule has 0 radical (unpaired) electrons. The van der Waals surface area contributed by atoms with Crippen molar-refractivity contribution >= 4 is 17.1 Å². The third-order valence-electron chi connectivity index (χ3n) is 5.51. The van der Waals surface area contributed by atoms with Crippen molar-refractivity contribution in [1.82, 2.24) is 0 Å². The van der Waals surface area contributed by atoms with Crippen molar-refractivity contribution in [3.05, 3.63) is 18.2 Å². The summed E-state index contributed by atoms with van der Waals surface area (Å²) in [5, 5.41) is 3.80. The molecule has 0 atom stereocenters. The van der Waals surface area contributed by atoms with Crippen LogP contribution in [0.4, 0.5) is 17.1 Å². The van der Waals surface area contributed by atoms with Crippen LogP contribution in [0, 0.1) is 17.8 Å². The zero-order valence-corrected chi connectivity index (χ0v) is 11.4. The quantitative estimate of drug-likeness (QED) is 0.713. The number of nitrogens with one attached hydrogen (secondary N) is 1. The fourth-order valence-electron chi connectivity index (χ4n) is 5.24. The molecule has 0 aliphatic heterocycles. The topological polar surface area (TPSA) is 64.1 Å². The van der Waals surface area contributed by atoms with Gasteiger partial charge in [-0.1, -0.05) is 0 Å². The van der Waals surface area contributed by atoms with Crippen molar-refractivity contribution in [3.63, 3.8) is 0 Å². The Morgan fingerprint density at radius 1 is 0.947 bits per heavy atom. The van der Waals surface area contributed by atoms with Crippen molar-refractivity contribution in [2.24, 2.45) is 17.8 Å². The minimum atomic E-state index is 0.318. The fraction of sp³-hybridized carbons (Fsp3) is 0.625. The molecular formula is C16H23N3. The minimum Gasteiger partial charge on any atom is -0.399 e. The second-order valence-electron chi connectivity index (χ2n) is 7.17. The summed E-state index contributed by atoms with van der Waals surface area (Å²) < 4.78 is 0. The lowest BCUT2D eigenvalue weighted by Gasteiger charge is -2.57. The van der Waals surface area contributed by atoms with Crippen LogP contribution in [0.15, 0.2) is 18.2 Å².